The van der Waals surface area contributed by atoms with Crippen molar-refractivity contribution in [1.29, 1.82) is 0 Å². The summed E-state index contributed by atoms with van der Waals surface area (Å²) in [7, 11) is 0. The van der Waals surface area contributed by atoms with Gasteiger partial charge in [-0.1, -0.05) is 36.4 Å². The Morgan fingerprint density at radius 3 is 2.75 bits per heavy atom. The van der Waals surface area contributed by atoms with Gasteiger partial charge in [-0.2, -0.15) is 0 Å². The van der Waals surface area contributed by atoms with Crippen LogP contribution in [0.15, 0.2) is 63.3 Å². The molecule has 4 rings (SSSR count). The fourth-order valence-electron chi connectivity index (χ4n) is 3.26. The molecule has 0 bridgehead atoms. The molecule has 1 aliphatic heterocycles. The third-order valence-electron chi connectivity index (χ3n) is 4.54. The van der Waals surface area contributed by atoms with E-state index in [9.17, 15) is 4.79 Å². The van der Waals surface area contributed by atoms with Crippen LogP contribution in [0, 0.1) is 6.92 Å². The van der Waals surface area contributed by atoms with Crippen molar-refractivity contribution in [1.82, 2.24) is 0 Å². The summed E-state index contributed by atoms with van der Waals surface area (Å²) in [6, 6.07) is 15.7. The van der Waals surface area contributed by atoms with Crippen LogP contribution >= 0.6 is 0 Å². The van der Waals surface area contributed by atoms with E-state index in [1.54, 1.807) is 0 Å². The highest BCUT2D eigenvalue weighted by molar-refractivity contribution is 5.85. The number of ether oxygens (including phenoxy) is 1. The molecule has 1 aliphatic rings. The lowest BCUT2D eigenvalue weighted by molar-refractivity contribution is 0.271. The van der Waals surface area contributed by atoms with Crippen LogP contribution < -0.4 is 10.4 Å². The Balaban J connectivity index is 1.73. The fraction of sp³-hybridized carbons (Fsp3) is 0.190. The molecule has 0 unspecified atom stereocenters. The maximum atomic E-state index is 11.7. The first-order valence-corrected chi connectivity index (χ1v) is 8.08. The molecule has 3 nitrogen and oxygen atoms in total. The Hall–Kier alpha value is -2.81. The van der Waals surface area contributed by atoms with E-state index in [-0.39, 0.29) is 11.7 Å². The van der Waals surface area contributed by atoms with Gasteiger partial charge in [0.05, 0.1) is 0 Å². The van der Waals surface area contributed by atoms with E-state index in [0.717, 1.165) is 33.4 Å². The van der Waals surface area contributed by atoms with E-state index >= 15 is 0 Å². The van der Waals surface area contributed by atoms with Gasteiger partial charge in [-0.25, -0.2) is 4.79 Å². The molecular formula is C21H18O3. The Bertz CT molecular complexity index is 997. The number of benzene rings is 2. The van der Waals surface area contributed by atoms with Gasteiger partial charge in [0.1, 0.15) is 17.4 Å². The molecule has 0 spiro atoms. The highest BCUT2D eigenvalue weighted by Crippen LogP contribution is 2.37. The Kier molecular flexibility index (Phi) is 3.49. The van der Waals surface area contributed by atoms with Gasteiger partial charge in [0.2, 0.25) is 0 Å². The van der Waals surface area contributed by atoms with E-state index < -0.39 is 0 Å². The number of aryl methyl sites for hydroxylation is 1. The Morgan fingerprint density at radius 1 is 1.17 bits per heavy atom. The highest BCUT2D eigenvalue weighted by Gasteiger charge is 2.27. The number of hydrogen-bond donors (Lipinski definition) is 0. The second kappa shape index (κ2) is 5.68. The maximum absolute atomic E-state index is 11.7. The first-order chi connectivity index (χ1) is 11.6. The van der Waals surface area contributed by atoms with Crippen LogP contribution in [-0.4, -0.2) is 6.10 Å². The van der Waals surface area contributed by atoms with Crippen LogP contribution in [0.4, 0.5) is 0 Å². The molecule has 120 valence electrons. The second-order valence-electron chi connectivity index (χ2n) is 6.28. The summed E-state index contributed by atoms with van der Waals surface area (Å²) >= 11 is 0. The van der Waals surface area contributed by atoms with Crippen molar-refractivity contribution >= 4 is 17.0 Å². The smallest absolute Gasteiger partial charge is 0.336 e. The van der Waals surface area contributed by atoms with Gasteiger partial charge in [0.25, 0.3) is 0 Å². The molecule has 0 radical (unpaired) electrons. The average molecular weight is 318 g/mol. The Labute approximate surface area is 140 Å². The molecule has 0 saturated carbocycles. The first kappa shape index (κ1) is 14.8. The van der Waals surface area contributed by atoms with Crippen molar-refractivity contribution in [2.45, 2.75) is 26.4 Å². The number of fused-ring (bicyclic) bond motifs is 3. The Morgan fingerprint density at radius 2 is 1.96 bits per heavy atom. The van der Waals surface area contributed by atoms with E-state index in [1.807, 2.05) is 37.3 Å². The lowest BCUT2D eigenvalue weighted by Crippen LogP contribution is -2.14. The van der Waals surface area contributed by atoms with Crippen LogP contribution in [0.2, 0.25) is 0 Å². The zero-order valence-corrected chi connectivity index (χ0v) is 13.7. The van der Waals surface area contributed by atoms with Crippen molar-refractivity contribution < 1.29 is 9.15 Å². The molecule has 24 heavy (non-hydrogen) atoms. The summed E-state index contributed by atoms with van der Waals surface area (Å²) < 4.78 is 11.6. The minimum absolute atomic E-state index is 0.0309. The summed E-state index contributed by atoms with van der Waals surface area (Å²) in [5.74, 6) is 0.807. The van der Waals surface area contributed by atoms with Crippen molar-refractivity contribution in [2.24, 2.45) is 0 Å². The molecule has 2 heterocycles. The van der Waals surface area contributed by atoms with Gasteiger partial charge in [0.15, 0.2) is 0 Å². The topological polar surface area (TPSA) is 39.4 Å². The van der Waals surface area contributed by atoms with Crippen LogP contribution in [0.1, 0.15) is 23.6 Å². The van der Waals surface area contributed by atoms with Crippen molar-refractivity contribution in [2.75, 3.05) is 0 Å². The van der Waals surface area contributed by atoms with Crippen molar-refractivity contribution in [3.05, 3.63) is 81.2 Å². The van der Waals surface area contributed by atoms with E-state index in [0.29, 0.717) is 12.0 Å². The summed E-state index contributed by atoms with van der Waals surface area (Å²) in [5.41, 5.74) is 4.58. The monoisotopic (exact) mass is 318 g/mol. The zero-order valence-electron chi connectivity index (χ0n) is 13.7. The molecule has 3 aromatic rings. The largest absolute Gasteiger partial charge is 0.485 e. The summed E-state index contributed by atoms with van der Waals surface area (Å²) in [6.07, 6.45) is 2.82. The minimum Gasteiger partial charge on any atom is -0.485 e. The van der Waals surface area contributed by atoms with Crippen LogP contribution in [0.3, 0.4) is 0 Å². The van der Waals surface area contributed by atoms with Gasteiger partial charge < -0.3 is 9.15 Å². The molecule has 0 fully saturated rings. The maximum Gasteiger partial charge on any atom is 0.336 e. The van der Waals surface area contributed by atoms with Crippen molar-refractivity contribution in [3.63, 3.8) is 0 Å². The van der Waals surface area contributed by atoms with Gasteiger partial charge in [0, 0.05) is 23.4 Å². The quantitative estimate of drug-likeness (QED) is 0.653. The minimum atomic E-state index is -0.312. The van der Waals surface area contributed by atoms with E-state index in [1.165, 1.54) is 6.07 Å². The lowest BCUT2D eigenvalue weighted by atomic mass is 10.00. The molecule has 0 saturated heterocycles. The predicted octanol–water partition coefficient (Wildman–Crippen LogP) is 4.51. The predicted molar refractivity (Wildman–Crippen MR) is 95.4 cm³/mol. The molecule has 0 aliphatic carbocycles. The van der Waals surface area contributed by atoms with E-state index in [4.69, 9.17) is 9.15 Å². The van der Waals surface area contributed by atoms with Gasteiger partial charge in [-0.15, -0.1) is 0 Å². The average Bonchev–Trinajstić information content (AvgIpc) is 3.00. The highest BCUT2D eigenvalue weighted by atomic mass is 16.5. The van der Waals surface area contributed by atoms with Crippen LogP contribution in [0.25, 0.3) is 17.0 Å². The van der Waals surface area contributed by atoms with Gasteiger partial charge in [-0.05, 0) is 42.7 Å². The molecular weight excluding hydrogens is 300 g/mol. The summed E-state index contributed by atoms with van der Waals surface area (Å²) in [5, 5.41) is 0.974. The fourth-order valence-corrected chi connectivity index (χ4v) is 3.26. The lowest BCUT2D eigenvalue weighted by Gasteiger charge is -2.11. The molecule has 2 aromatic carbocycles. The third-order valence-corrected chi connectivity index (χ3v) is 4.54. The second-order valence-corrected chi connectivity index (χ2v) is 6.28. The number of rotatable bonds is 2. The summed E-state index contributed by atoms with van der Waals surface area (Å²) in [6.45, 7) is 4.01. The SMILES string of the molecule is C/C(=C\c1ccccc1)[C@@H]1Cc2c(ccc3c(C)cc(=O)oc23)O1. The van der Waals surface area contributed by atoms with E-state index in [2.05, 4.69) is 25.1 Å². The first-order valence-electron chi connectivity index (χ1n) is 8.08. The molecule has 0 N–H and O–H groups in total. The molecule has 0 amide bonds. The van der Waals surface area contributed by atoms with Gasteiger partial charge >= 0.3 is 5.63 Å². The molecule has 1 atom stereocenters. The summed E-state index contributed by atoms with van der Waals surface area (Å²) in [4.78, 5) is 11.7. The third kappa shape index (κ3) is 2.52. The van der Waals surface area contributed by atoms with Crippen LogP contribution in [0.5, 0.6) is 5.75 Å². The zero-order chi connectivity index (χ0) is 16.7. The van der Waals surface area contributed by atoms with Crippen molar-refractivity contribution in [3.8, 4) is 5.75 Å². The number of hydrogen-bond acceptors (Lipinski definition) is 3. The van der Waals surface area contributed by atoms with Crippen LogP contribution in [-0.2, 0) is 6.42 Å². The molecule has 3 heteroatoms. The van der Waals surface area contributed by atoms with Gasteiger partial charge in [-0.3, -0.25) is 0 Å². The molecule has 1 aromatic heterocycles. The standard InChI is InChI=1S/C21H18O3/c1-13-11-20(22)24-21-16(13)8-9-18-17(21)12-19(23-18)14(2)10-15-6-4-3-5-7-15/h3-11,19H,12H2,1-2H3/b14-10+/t19-/m0/s1. The normalized spacial score (nSPS) is 16.9.